The molecule has 2 aromatic carbocycles. The molecule has 3 saturated heterocycles. The second-order valence-corrected chi connectivity index (χ2v) is 25.0. The molecular weight excluding hydrogens is 769 g/mol. The number of ether oxygens (including phenoxy) is 6. The van der Waals surface area contributed by atoms with Gasteiger partial charge >= 0.3 is 0 Å². The Labute approximate surface area is 350 Å². The third kappa shape index (κ3) is 10.1. The van der Waals surface area contributed by atoms with Crippen molar-refractivity contribution < 1.29 is 33.5 Å². The van der Waals surface area contributed by atoms with Crippen LogP contribution in [0.2, 0.25) is 18.1 Å². The Kier molecular flexibility index (Phi) is 15.0. The molecule has 57 heavy (non-hydrogen) atoms. The first-order valence-corrected chi connectivity index (χ1v) is 25.8. The Morgan fingerprint density at radius 2 is 1.44 bits per heavy atom. The van der Waals surface area contributed by atoms with Gasteiger partial charge in [-0.2, -0.15) is 0 Å². The number of aliphatic hydroxyl groups excluding tert-OH is 1. The van der Waals surface area contributed by atoms with Gasteiger partial charge in [-0.25, -0.2) is 0 Å². The highest BCUT2D eigenvalue weighted by atomic mass is 32.2. The second-order valence-electron chi connectivity index (χ2n) is 16.3. The molecule has 5 aliphatic heterocycles. The zero-order valence-electron chi connectivity index (χ0n) is 34.1. The quantitative estimate of drug-likeness (QED) is 0.114. The minimum absolute atomic E-state index is 0.000803. The fourth-order valence-corrected chi connectivity index (χ4v) is 16.5. The molecule has 0 bridgehead atoms. The topological polar surface area (TPSA) is 75.6 Å². The maximum atomic E-state index is 12.0. The molecule has 7 rings (SSSR count). The maximum absolute atomic E-state index is 12.0. The summed E-state index contributed by atoms with van der Waals surface area (Å²) < 4.78 is 42.3. The van der Waals surface area contributed by atoms with Crippen molar-refractivity contribution in [3.63, 3.8) is 0 Å². The summed E-state index contributed by atoms with van der Waals surface area (Å²) in [5.74, 6) is 4.89. The predicted octanol–water partition coefficient (Wildman–Crippen LogP) is 9.06. The van der Waals surface area contributed by atoms with Crippen LogP contribution < -0.4 is 0 Å². The molecule has 7 nitrogen and oxygen atoms in total. The highest BCUT2D eigenvalue weighted by molar-refractivity contribution is 8.18. The van der Waals surface area contributed by atoms with E-state index in [9.17, 15) is 5.11 Å². The first-order chi connectivity index (χ1) is 27.8. The van der Waals surface area contributed by atoms with Crippen molar-refractivity contribution in [2.24, 2.45) is 0 Å². The van der Waals surface area contributed by atoms with Gasteiger partial charge in [0.1, 0.15) is 36.6 Å². The maximum Gasteiger partial charge on any atom is 0.115 e. The Hall–Kier alpha value is -2.14. The molecule has 0 amide bonds. The minimum Gasteiger partial charge on any atom is -0.386 e. The first-order valence-electron chi connectivity index (χ1n) is 21.2. The van der Waals surface area contributed by atoms with Crippen LogP contribution in [0.5, 0.6) is 0 Å². The number of hydrogen-bond donors (Lipinski definition) is 1. The summed E-state index contributed by atoms with van der Waals surface area (Å²) in [7, 11) is -2.02. The van der Waals surface area contributed by atoms with E-state index in [-0.39, 0.29) is 52.9 Å². The molecule has 308 valence electrons. The van der Waals surface area contributed by atoms with Crippen LogP contribution in [-0.4, -0.2) is 95.9 Å². The lowest BCUT2D eigenvalue weighted by Gasteiger charge is -2.52. The standard InChI is InChI=1S/C47H62O7S2Si/c1-6-10-13-23-37-43(48)42(57(7-2,8-3)9-4)29-39-35(51-37)24-25-36-38(52-39)28-40-45(54-36)46(50-32-34-21-16-12-17-22-34)44(49-31-33-19-14-11-15-20-33)41(53-40)30-47(5)55-26-18-27-56-47/h1,10-17,19-22,24-25,29,35-41,43-46,48H,7-9,18,23,26-28,30-32H2,2-5H3/b13-10-/t35-,36+,37+,38-,39+,40+,41-,43-,44-,45+,46+/m0/s1. The summed E-state index contributed by atoms with van der Waals surface area (Å²) in [6, 6.07) is 23.9. The molecule has 5 aliphatic rings. The fraction of sp³-hybridized carbons (Fsp3) is 0.574. The highest BCUT2D eigenvalue weighted by Crippen LogP contribution is 2.49. The van der Waals surface area contributed by atoms with E-state index in [0.717, 1.165) is 52.4 Å². The molecule has 10 heteroatoms. The number of thioether (sulfide) groups is 2. The van der Waals surface area contributed by atoms with Gasteiger partial charge in [-0.3, -0.25) is 0 Å². The van der Waals surface area contributed by atoms with Gasteiger partial charge in [0.05, 0.1) is 55.9 Å². The minimum atomic E-state index is -2.02. The first kappa shape index (κ1) is 43.0. The van der Waals surface area contributed by atoms with Gasteiger partial charge in [0.15, 0.2) is 0 Å². The third-order valence-electron chi connectivity index (χ3n) is 12.8. The second kappa shape index (κ2) is 19.9. The molecule has 1 N–H and O–H groups in total. The van der Waals surface area contributed by atoms with Crippen LogP contribution >= 0.6 is 23.5 Å². The third-order valence-corrected chi connectivity index (χ3v) is 21.8. The molecule has 0 saturated carbocycles. The van der Waals surface area contributed by atoms with Gasteiger partial charge in [-0.05, 0) is 54.9 Å². The fourth-order valence-electron chi connectivity index (χ4n) is 9.45. The van der Waals surface area contributed by atoms with Crippen LogP contribution in [0, 0.1) is 12.3 Å². The SMILES string of the molecule is C#C/C=C\C[C@H]1O[C@H]2C=C[C@H]3O[C@H]4[C@H](OCc5ccccc5)[C@@H](OCc5ccccc5)[C@H](CC5(C)SCCCS5)O[C@@H]4C[C@@H]3O[C@@H]2C=C([Si](CC)(CC)CC)[C@H]1O. The number of terminal acetylenes is 1. The number of fused-ring (bicyclic) bond motifs is 3. The van der Waals surface area contributed by atoms with E-state index in [2.05, 4.69) is 100 Å². The molecule has 0 aromatic heterocycles. The van der Waals surface area contributed by atoms with Gasteiger partial charge in [0.2, 0.25) is 0 Å². The number of rotatable bonds is 14. The predicted molar refractivity (Wildman–Crippen MR) is 235 cm³/mol. The number of benzene rings is 2. The van der Waals surface area contributed by atoms with Gasteiger partial charge < -0.3 is 33.5 Å². The lowest BCUT2D eigenvalue weighted by Crippen LogP contribution is -2.65. The van der Waals surface area contributed by atoms with E-state index in [1.54, 1.807) is 6.08 Å². The van der Waals surface area contributed by atoms with Crippen molar-refractivity contribution in [2.75, 3.05) is 11.5 Å². The zero-order chi connectivity index (χ0) is 39.8. The monoisotopic (exact) mass is 830 g/mol. The van der Waals surface area contributed by atoms with Crippen molar-refractivity contribution in [2.45, 2.75) is 156 Å². The van der Waals surface area contributed by atoms with Crippen molar-refractivity contribution in [3.8, 4) is 12.3 Å². The summed E-state index contributed by atoms with van der Waals surface area (Å²) in [6.45, 7) is 10.1. The van der Waals surface area contributed by atoms with Gasteiger partial charge in [0.25, 0.3) is 0 Å². The van der Waals surface area contributed by atoms with Crippen LogP contribution in [0.15, 0.2) is 96.2 Å². The largest absolute Gasteiger partial charge is 0.386 e. The Morgan fingerprint density at radius 3 is 2.07 bits per heavy atom. The molecule has 5 heterocycles. The van der Waals surface area contributed by atoms with Crippen LogP contribution in [0.3, 0.4) is 0 Å². The molecule has 0 unspecified atom stereocenters. The Morgan fingerprint density at radius 1 is 0.807 bits per heavy atom. The molecule has 0 spiro atoms. The summed E-state index contributed by atoms with van der Waals surface area (Å²) >= 11 is 4.07. The molecule has 11 atom stereocenters. The summed E-state index contributed by atoms with van der Waals surface area (Å²) in [6.07, 6.45) is 14.7. The average molecular weight is 831 g/mol. The van der Waals surface area contributed by atoms with E-state index in [0.29, 0.717) is 26.1 Å². The van der Waals surface area contributed by atoms with Crippen LogP contribution in [0.1, 0.15) is 64.5 Å². The van der Waals surface area contributed by atoms with Crippen molar-refractivity contribution in [1.82, 2.24) is 0 Å². The van der Waals surface area contributed by atoms with Crippen molar-refractivity contribution in [3.05, 3.63) is 107 Å². The lowest BCUT2D eigenvalue weighted by atomic mass is 9.86. The lowest BCUT2D eigenvalue weighted by molar-refractivity contribution is -0.299. The van der Waals surface area contributed by atoms with Gasteiger partial charge in [-0.1, -0.05) is 135 Å². The Bertz CT molecular complexity index is 1700. The van der Waals surface area contributed by atoms with Crippen LogP contribution in [0.25, 0.3) is 0 Å². The van der Waals surface area contributed by atoms with Crippen molar-refractivity contribution in [1.29, 1.82) is 0 Å². The normalized spacial score (nSPS) is 33.9. The van der Waals surface area contributed by atoms with Crippen LogP contribution in [-0.2, 0) is 41.6 Å². The zero-order valence-corrected chi connectivity index (χ0v) is 36.7. The molecule has 0 aliphatic carbocycles. The highest BCUT2D eigenvalue weighted by Gasteiger charge is 2.55. The van der Waals surface area contributed by atoms with E-state index in [1.807, 2.05) is 41.7 Å². The number of aliphatic hydroxyl groups is 1. The summed E-state index contributed by atoms with van der Waals surface area (Å²) in [5, 5.41) is 13.2. The van der Waals surface area contributed by atoms with E-state index in [4.69, 9.17) is 34.8 Å². The van der Waals surface area contributed by atoms with Gasteiger partial charge in [0, 0.05) is 6.42 Å². The van der Waals surface area contributed by atoms with Crippen molar-refractivity contribution >= 4 is 31.6 Å². The van der Waals surface area contributed by atoms with Gasteiger partial charge in [-0.15, -0.1) is 29.9 Å². The van der Waals surface area contributed by atoms with Crippen LogP contribution in [0.4, 0.5) is 0 Å². The van der Waals surface area contributed by atoms with E-state index >= 15 is 0 Å². The molecule has 3 fully saturated rings. The molecule has 2 aromatic rings. The Balaban J connectivity index is 1.21. The average Bonchev–Trinajstić information content (AvgIpc) is 3.48. The smallest absolute Gasteiger partial charge is 0.115 e. The molecular formula is C47H62O7S2Si. The summed E-state index contributed by atoms with van der Waals surface area (Å²) in [4.78, 5) is 0. The van der Waals surface area contributed by atoms with E-state index < -0.39 is 26.4 Å². The number of hydrogen-bond acceptors (Lipinski definition) is 9. The number of allylic oxidation sites excluding steroid dienone is 1. The summed E-state index contributed by atoms with van der Waals surface area (Å²) in [5.41, 5.74) is 2.22. The molecule has 0 radical (unpaired) electrons. The van der Waals surface area contributed by atoms with E-state index in [1.165, 1.54) is 6.42 Å².